The van der Waals surface area contributed by atoms with Crippen LogP contribution in [0.5, 0.6) is 0 Å². The van der Waals surface area contributed by atoms with E-state index in [0.29, 0.717) is 0 Å². The number of hydrogen-bond donors (Lipinski definition) is 1. The maximum absolute atomic E-state index is 13.5. The molecule has 98 valence electrons. The number of nitrogens with one attached hydrogen (secondary N) is 1. The normalized spacial score (nSPS) is 10.3. The SMILES string of the molecule is Cc1cccc(Nc2cccc(F)c2[N+](=O)[O-])c1C. The number of anilines is 2. The molecule has 0 amide bonds. The second-order valence-corrected chi connectivity index (χ2v) is 4.27. The van der Waals surface area contributed by atoms with Gasteiger partial charge in [0.15, 0.2) is 0 Å². The van der Waals surface area contributed by atoms with Crippen LogP contribution in [-0.2, 0) is 0 Å². The molecule has 2 aromatic carbocycles. The van der Waals surface area contributed by atoms with E-state index in [1.807, 2.05) is 26.0 Å². The predicted molar refractivity (Wildman–Crippen MR) is 72.3 cm³/mol. The van der Waals surface area contributed by atoms with E-state index in [0.717, 1.165) is 22.9 Å². The van der Waals surface area contributed by atoms with Crippen LogP contribution < -0.4 is 5.32 Å². The molecule has 2 rings (SSSR count). The number of benzene rings is 2. The van der Waals surface area contributed by atoms with E-state index in [-0.39, 0.29) is 5.69 Å². The van der Waals surface area contributed by atoms with E-state index in [9.17, 15) is 14.5 Å². The molecule has 0 aliphatic carbocycles. The van der Waals surface area contributed by atoms with Gasteiger partial charge < -0.3 is 5.32 Å². The van der Waals surface area contributed by atoms with Gasteiger partial charge in [-0.2, -0.15) is 4.39 Å². The monoisotopic (exact) mass is 260 g/mol. The molecule has 19 heavy (non-hydrogen) atoms. The molecule has 0 radical (unpaired) electrons. The van der Waals surface area contributed by atoms with Crippen LogP contribution in [0.25, 0.3) is 0 Å². The molecule has 0 fully saturated rings. The first kappa shape index (κ1) is 13.0. The van der Waals surface area contributed by atoms with Crippen molar-refractivity contribution in [1.82, 2.24) is 0 Å². The Morgan fingerprint density at radius 1 is 1.11 bits per heavy atom. The predicted octanol–water partition coefficient (Wildman–Crippen LogP) is 4.09. The third-order valence-corrected chi connectivity index (χ3v) is 3.04. The van der Waals surface area contributed by atoms with Gasteiger partial charge in [-0.15, -0.1) is 0 Å². The molecule has 0 aliphatic rings. The highest BCUT2D eigenvalue weighted by Gasteiger charge is 2.20. The summed E-state index contributed by atoms with van der Waals surface area (Å²) in [5.41, 5.74) is 2.38. The number of hydrogen-bond acceptors (Lipinski definition) is 3. The van der Waals surface area contributed by atoms with Gasteiger partial charge in [-0.1, -0.05) is 18.2 Å². The number of nitro benzene ring substituents is 1. The van der Waals surface area contributed by atoms with Crippen LogP contribution in [0.1, 0.15) is 11.1 Å². The molecule has 0 saturated heterocycles. The van der Waals surface area contributed by atoms with Crippen molar-refractivity contribution in [3.8, 4) is 0 Å². The Morgan fingerprint density at radius 2 is 1.74 bits per heavy atom. The molecular formula is C14H13FN2O2. The van der Waals surface area contributed by atoms with Crippen LogP contribution in [0.3, 0.4) is 0 Å². The van der Waals surface area contributed by atoms with Crippen LogP contribution in [0, 0.1) is 29.8 Å². The van der Waals surface area contributed by atoms with Crippen molar-refractivity contribution in [2.75, 3.05) is 5.32 Å². The van der Waals surface area contributed by atoms with E-state index in [2.05, 4.69) is 5.32 Å². The van der Waals surface area contributed by atoms with E-state index in [1.165, 1.54) is 12.1 Å². The van der Waals surface area contributed by atoms with Crippen molar-refractivity contribution in [2.45, 2.75) is 13.8 Å². The Morgan fingerprint density at radius 3 is 2.42 bits per heavy atom. The molecule has 1 N–H and O–H groups in total. The zero-order chi connectivity index (χ0) is 14.0. The minimum atomic E-state index is -0.847. The van der Waals surface area contributed by atoms with Crippen LogP contribution in [0.15, 0.2) is 36.4 Å². The molecular weight excluding hydrogens is 247 g/mol. The summed E-state index contributed by atoms with van der Waals surface area (Å²) in [5, 5.41) is 13.8. The molecule has 0 aliphatic heterocycles. The minimum absolute atomic E-state index is 0.152. The van der Waals surface area contributed by atoms with Gasteiger partial charge in [-0.3, -0.25) is 10.1 Å². The molecule has 0 unspecified atom stereocenters. The Hall–Kier alpha value is -2.43. The Bertz CT molecular complexity index is 641. The van der Waals surface area contributed by atoms with Gasteiger partial charge in [0.05, 0.1) is 4.92 Å². The summed E-state index contributed by atoms with van der Waals surface area (Å²) >= 11 is 0. The lowest BCUT2D eigenvalue weighted by Crippen LogP contribution is -2.01. The average Bonchev–Trinajstić information content (AvgIpc) is 2.34. The van der Waals surface area contributed by atoms with Gasteiger partial charge in [0.25, 0.3) is 0 Å². The van der Waals surface area contributed by atoms with Crippen molar-refractivity contribution in [3.05, 3.63) is 63.5 Å². The van der Waals surface area contributed by atoms with Crippen molar-refractivity contribution < 1.29 is 9.31 Å². The maximum Gasteiger partial charge on any atom is 0.327 e. The summed E-state index contributed by atoms with van der Waals surface area (Å²) in [6, 6.07) is 9.60. The van der Waals surface area contributed by atoms with Crippen molar-refractivity contribution >= 4 is 17.1 Å². The van der Waals surface area contributed by atoms with Crippen molar-refractivity contribution in [1.29, 1.82) is 0 Å². The fourth-order valence-electron chi connectivity index (χ4n) is 1.83. The summed E-state index contributed by atoms with van der Waals surface area (Å²) in [5.74, 6) is -0.847. The number of aryl methyl sites for hydroxylation is 1. The molecule has 0 aromatic heterocycles. The lowest BCUT2D eigenvalue weighted by atomic mass is 10.1. The molecule has 4 nitrogen and oxygen atoms in total. The van der Waals surface area contributed by atoms with Crippen LogP contribution in [0.2, 0.25) is 0 Å². The third-order valence-electron chi connectivity index (χ3n) is 3.04. The fourth-order valence-corrected chi connectivity index (χ4v) is 1.83. The molecule has 0 spiro atoms. The van der Waals surface area contributed by atoms with E-state index in [1.54, 1.807) is 6.07 Å². The molecule has 0 bridgehead atoms. The van der Waals surface area contributed by atoms with Crippen molar-refractivity contribution in [2.24, 2.45) is 0 Å². The molecule has 5 heteroatoms. The highest BCUT2D eigenvalue weighted by Crippen LogP contribution is 2.31. The van der Waals surface area contributed by atoms with Gasteiger partial charge in [0, 0.05) is 5.69 Å². The summed E-state index contributed by atoms with van der Waals surface area (Å²) in [6.07, 6.45) is 0. The first-order valence-corrected chi connectivity index (χ1v) is 5.77. The van der Waals surface area contributed by atoms with Gasteiger partial charge in [-0.25, -0.2) is 0 Å². The lowest BCUT2D eigenvalue weighted by Gasteiger charge is -2.11. The maximum atomic E-state index is 13.5. The number of nitrogens with zero attached hydrogens (tertiary/aromatic N) is 1. The average molecular weight is 260 g/mol. The van der Waals surface area contributed by atoms with E-state index < -0.39 is 16.4 Å². The molecule has 2 aromatic rings. The van der Waals surface area contributed by atoms with Crippen molar-refractivity contribution in [3.63, 3.8) is 0 Å². The highest BCUT2D eigenvalue weighted by molar-refractivity contribution is 5.72. The van der Waals surface area contributed by atoms with Gasteiger partial charge in [0.2, 0.25) is 5.82 Å². The number of halogens is 1. The van der Waals surface area contributed by atoms with E-state index in [4.69, 9.17) is 0 Å². The molecule has 0 atom stereocenters. The number of nitro groups is 1. The first-order valence-electron chi connectivity index (χ1n) is 5.77. The molecule has 0 heterocycles. The topological polar surface area (TPSA) is 55.2 Å². The smallest absolute Gasteiger partial charge is 0.327 e. The molecule has 0 saturated carbocycles. The summed E-state index contributed by atoms with van der Waals surface area (Å²) in [4.78, 5) is 10.2. The Labute approximate surface area is 110 Å². The zero-order valence-electron chi connectivity index (χ0n) is 10.6. The van der Waals surface area contributed by atoms with Crippen LogP contribution in [-0.4, -0.2) is 4.92 Å². The second kappa shape index (κ2) is 5.06. The largest absolute Gasteiger partial charge is 0.350 e. The quantitative estimate of drug-likeness (QED) is 0.667. The zero-order valence-corrected chi connectivity index (χ0v) is 10.6. The fraction of sp³-hybridized carbons (Fsp3) is 0.143. The number of rotatable bonds is 3. The Balaban J connectivity index is 2.47. The van der Waals surface area contributed by atoms with Gasteiger partial charge in [0.1, 0.15) is 5.69 Å². The van der Waals surface area contributed by atoms with Gasteiger partial charge >= 0.3 is 5.69 Å². The minimum Gasteiger partial charge on any atom is -0.350 e. The second-order valence-electron chi connectivity index (χ2n) is 4.27. The Kier molecular flexibility index (Phi) is 3.46. The summed E-state index contributed by atoms with van der Waals surface area (Å²) < 4.78 is 13.5. The summed E-state index contributed by atoms with van der Waals surface area (Å²) in [7, 11) is 0. The lowest BCUT2D eigenvalue weighted by molar-refractivity contribution is -0.386. The standard InChI is InChI=1S/C14H13FN2O2/c1-9-5-3-7-12(10(9)2)16-13-8-4-6-11(15)14(13)17(18)19/h3-8,16H,1-2H3. The van der Waals surface area contributed by atoms with Crippen LogP contribution >= 0.6 is 0 Å². The third kappa shape index (κ3) is 2.54. The summed E-state index contributed by atoms with van der Waals surface area (Å²) in [6.45, 7) is 3.85. The number of para-hydroxylation sites is 1. The van der Waals surface area contributed by atoms with E-state index >= 15 is 0 Å². The van der Waals surface area contributed by atoms with Gasteiger partial charge in [-0.05, 0) is 43.2 Å². The highest BCUT2D eigenvalue weighted by atomic mass is 19.1. The van der Waals surface area contributed by atoms with Crippen LogP contribution in [0.4, 0.5) is 21.5 Å². The first-order chi connectivity index (χ1) is 9.00.